The molecule has 0 aliphatic heterocycles. The molecule has 1 aromatic rings. The van der Waals surface area contributed by atoms with E-state index in [0.717, 1.165) is 7.05 Å². The molecule has 0 unspecified atom stereocenters. The van der Waals surface area contributed by atoms with Crippen molar-refractivity contribution in [3.8, 4) is 0 Å². The summed E-state index contributed by atoms with van der Waals surface area (Å²) >= 11 is 0. The molecule has 1 N–H and O–H groups in total. The molecule has 0 amide bonds. The lowest BCUT2D eigenvalue weighted by Gasteiger charge is -2.26. The van der Waals surface area contributed by atoms with Crippen LogP contribution in [0, 0.1) is 5.82 Å². The van der Waals surface area contributed by atoms with Gasteiger partial charge in [-0.2, -0.15) is 17.5 Å². The second-order valence-electron chi connectivity index (χ2n) is 5.21. The standard InChI is InChI=1S/C12H15F4NO3S/c1-11(2,18)7-17(3)21(19,20)10-5-4-8(13)6-9(10)12(14,15)16/h4-6,18H,7H2,1-3H3. The third kappa shape index (κ3) is 4.39. The molecule has 120 valence electrons. The first-order valence-electron chi connectivity index (χ1n) is 5.80. The highest BCUT2D eigenvalue weighted by atomic mass is 32.2. The van der Waals surface area contributed by atoms with Gasteiger partial charge in [-0.05, 0) is 32.0 Å². The van der Waals surface area contributed by atoms with Crippen LogP contribution in [0.2, 0.25) is 0 Å². The maximum atomic E-state index is 13.0. The monoisotopic (exact) mass is 329 g/mol. The Bertz CT molecular complexity index is 620. The van der Waals surface area contributed by atoms with Crippen LogP contribution >= 0.6 is 0 Å². The molecule has 1 rings (SSSR count). The fraction of sp³-hybridized carbons (Fsp3) is 0.500. The molecule has 0 spiro atoms. The van der Waals surface area contributed by atoms with Gasteiger partial charge in [-0.15, -0.1) is 0 Å². The Morgan fingerprint density at radius 1 is 1.24 bits per heavy atom. The van der Waals surface area contributed by atoms with Crippen molar-refractivity contribution < 1.29 is 31.1 Å². The van der Waals surface area contributed by atoms with E-state index < -0.39 is 44.6 Å². The lowest BCUT2D eigenvalue weighted by Crippen LogP contribution is -2.40. The fourth-order valence-electron chi connectivity index (χ4n) is 1.75. The molecule has 0 aliphatic rings. The molecule has 1 aromatic carbocycles. The second-order valence-corrected chi connectivity index (χ2v) is 7.23. The number of hydrogen-bond acceptors (Lipinski definition) is 3. The predicted octanol–water partition coefficient (Wildman–Crippen LogP) is 2.24. The predicted molar refractivity (Wildman–Crippen MR) is 67.5 cm³/mol. The summed E-state index contributed by atoms with van der Waals surface area (Å²) in [6.45, 7) is 2.21. The van der Waals surface area contributed by atoms with Crippen molar-refractivity contribution in [1.82, 2.24) is 4.31 Å². The minimum absolute atomic E-state index is 0.130. The van der Waals surface area contributed by atoms with Gasteiger partial charge in [-0.3, -0.25) is 0 Å². The van der Waals surface area contributed by atoms with Crippen molar-refractivity contribution in [2.45, 2.75) is 30.5 Å². The molecule has 9 heteroatoms. The SMILES string of the molecule is CN(CC(C)(C)O)S(=O)(=O)c1ccc(F)cc1C(F)(F)F. The zero-order chi connectivity index (χ0) is 16.6. The van der Waals surface area contributed by atoms with Gasteiger partial charge in [0.1, 0.15) is 5.82 Å². The molecule has 0 aromatic heterocycles. The van der Waals surface area contributed by atoms with Crippen molar-refractivity contribution in [3.63, 3.8) is 0 Å². The van der Waals surface area contributed by atoms with E-state index in [-0.39, 0.29) is 6.07 Å². The van der Waals surface area contributed by atoms with E-state index >= 15 is 0 Å². The van der Waals surface area contributed by atoms with Gasteiger partial charge in [-0.1, -0.05) is 0 Å². The summed E-state index contributed by atoms with van der Waals surface area (Å²) in [5.41, 5.74) is -3.01. The van der Waals surface area contributed by atoms with Crippen LogP contribution in [-0.2, 0) is 16.2 Å². The molecule has 0 saturated carbocycles. The fourth-order valence-corrected chi connectivity index (χ4v) is 3.26. The summed E-state index contributed by atoms with van der Waals surface area (Å²) in [4.78, 5) is -1.05. The molecule has 0 fully saturated rings. The van der Waals surface area contributed by atoms with Gasteiger partial charge >= 0.3 is 6.18 Å². The Hall–Kier alpha value is -1.19. The summed E-state index contributed by atoms with van der Waals surface area (Å²) in [5, 5.41) is 9.58. The highest BCUT2D eigenvalue weighted by Crippen LogP contribution is 2.35. The number of aliphatic hydroxyl groups is 1. The Balaban J connectivity index is 3.39. The van der Waals surface area contributed by atoms with Gasteiger partial charge in [0, 0.05) is 13.6 Å². The van der Waals surface area contributed by atoms with Crippen molar-refractivity contribution in [2.75, 3.05) is 13.6 Å². The largest absolute Gasteiger partial charge is 0.417 e. The van der Waals surface area contributed by atoms with E-state index in [4.69, 9.17) is 0 Å². The van der Waals surface area contributed by atoms with Gasteiger partial charge in [0.05, 0.1) is 16.1 Å². The van der Waals surface area contributed by atoms with Crippen LogP contribution in [0.25, 0.3) is 0 Å². The summed E-state index contributed by atoms with van der Waals surface area (Å²) in [7, 11) is -3.48. The van der Waals surface area contributed by atoms with Gasteiger partial charge in [0.2, 0.25) is 10.0 Å². The molecule has 21 heavy (non-hydrogen) atoms. The summed E-state index contributed by atoms with van der Waals surface area (Å²) in [5.74, 6) is -1.19. The number of sulfonamides is 1. The number of likely N-dealkylation sites (N-methyl/N-ethyl adjacent to an activating group) is 1. The maximum Gasteiger partial charge on any atom is 0.417 e. The lowest BCUT2D eigenvalue weighted by molar-refractivity contribution is -0.140. The minimum atomic E-state index is -5.01. The Morgan fingerprint density at radius 2 is 1.76 bits per heavy atom. The number of rotatable bonds is 4. The van der Waals surface area contributed by atoms with Crippen LogP contribution in [0.4, 0.5) is 17.6 Å². The van der Waals surface area contributed by atoms with Crippen LogP contribution in [0.3, 0.4) is 0 Å². The molecule has 0 bridgehead atoms. The Labute approximate surface area is 120 Å². The highest BCUT2D eigenvalue weighted by molar-refractivity contribution is 7.89. The number of alkyl halides is 3. The van der Waals surface area contributed by atoms with Crippen molar-refractivity contribution in [3.05, 3.63) is 29.6 Å². The third-order valence-corrected chi connectivity index (χ3v) is 4.41. The lowest BCUT2D eigenvalue weighted by atomic mass is 10.1. The van der Waals surface area contributed by atoms with E-state index in [2.05, 4.69) is 0 Å². The first kappa shape index (κ1) is 17.9. The average molecular weight is 329 g/mol. The van der Waals surface area contributed by atoms with Crippen molar-refractivity contribution in [2.24, 2.45) is 0 Å². The topological polar surface area (TPSA) is 57.6 Å². The van der Waals surface area contributed by atoms with E-state index in [1.54, 1.807) is 0 Å². The number of halogens is 4. The van der Waals surface area contributed by atoms with Crippen LogP contribution in [0.1, 0.15) is 19.4 Å². The third-order valence-electron chi connectivity index (χ3n) is 2.54. The van der Waals surface area contributed by atoms with Crippen LogP contribution < -0.4 is 0 Å². The maximum absolute atomic E-state index is 13.0. The zero-order valence-corrected chi connectivity index (χ0v) is 12.4. The highest BCUT2D eigenvalue weighted by Gasteiger charge is 2.39. The van der Waals surface area contributed by atoms with Crippen LogP contribution in [0.15, 0.2) is 23.1 Å². The summed E-state index contributed by atoms with van der Waals surface area (Å²) in [6, 6.07) is 1.33. The number of benzene rings is 1. The summed E-state index contributed by atoms with van der Waals surface area (Å²) in [6.07, 6.45) is -5.01. The normalized spacial score (nSPS) is 13.8. The van der Waals surface area contributed by atoms with E-state index in [1.165, 1.54) is 13.8 Å². The van der Waals surface area contributed by atoms with Gasteiger partial charge in [-0.25, -0.2) is 12.8 Å². The van der Waals surface area contributed by atoms with E-state index in [9.17, 15) is 31.1 Å². The van der Waals surface area contributed by atoms with Crippen LogP contribution in [-0.4, -0.2) is 37.0 Å². The molecule has 0 atom stereocenters. The van der Waals surface area contributed by atoms with Gasteiger partial charge in [0.25, 0.3) is 0 Å². The first-order valence-corrected chi connectivity index (χ1v) is 7.24. The van der Waals surface area contributed by atoms with Crippen LogP contribution in [0.5, 0.6) is 0 Å². The average Bonchev–Trinajstić information content (AvgIpc) is 2.24. The van der Waals surface area contributed by atoms with Gasteiger partial charge in [0.15, 0.2) is 0 Å². The Kier molecular flexibility index (Phi) is 4.71. The smallest absolute Gasteiger partial charge is 0.389 e. The molecule has 0 aliphatic carbocycles. The molecule has 0 saturated heterocycles. The van der Waals surface area contributed by atoms with E-state index in [0.29, 0.717) is 16.4 Å². The number of hydrogen-bond donors (Lipinski definition) is 1. The van der Waals surface area contributed by atoms with Crippen molar-refractivity contribution >= 4 is 10.0 Å². The Morgan fingerprint density at radius 3 is 2.19 bits per heavy atom. The zero-order valence-electron chi connectivity index (χ0n) is 11.6. The molecule has 0 radical (unpaired) electrons. The molecule has 0 heterocycles. The quantitative estimate of drug-likeness (QED) is 0.862. The summed E-state index contributed by atoms with van der Waals surface area (Å²) < 4.78 is 76.5. The number of nitrogens with zero attached hydrogens (tertiary/aromatic N) is 1. The van der Waals surface area contributed by atoms with Crippen molar-refractivity contribution in [1.29, 1.82) is 0 Å². The molecular formula is C12H15F4NO3S. The molecule has 4 nitrogen and oxygen atoms in total. The van der Waals surface area contributed by atoms with E-state index in [1.807, 2.05) is 0 Å². The van der Waals surface area contributed by atoms with Gasteiger partial charge < -0.3 is 5.11 Å². The first-order chi connectivity index (χ1) is 9.25. The second kappa shape index (κ2) is 5.54. The minimum Gasteiger partial charge on any atom is -0.389 e. The molecular weight excluding hydrogens is 314 g/mol.